The van der Waals surface area contributed by atoms with E-state index in [1.54, 1.807) is 36.7 Å². The van der Waals surface area contributed by atoms with Crippen molar-refractivity contribution in [2.75, 3.05) is 41.8 Å². The van der Waals surface area contributed by atoms with E-state index < -0.39 is 0 Å². The Hall–Kier alpha value is -2.38. The van der Waals surface area contributed by atoms with E-state index in [1.165, 1.54) is 0 Å². The predicted octanol–water partition coefficient (Wildman–Crippen LogP) is 2.61. The molecule has 1 aliphatic rings. The number of ether oxygens (including phenoxy) is 1. The van der Waals surface area contributed by atoms with Crippen LogP contribution in [0.4, 0.5) is 22.1 Å². The Kier molecular flexibility index (Phi) is 4.89. The molecule has 2 heterocycles. The van der Waals surface area contributed by atoms with Crippen LogP contribution in [0.2, 0.25) is 5.02 Å². The third kappa shape index (κ3) is 4.30. The molecule has 8 heteroatoms. The van der Waals surface area contributed by atoms with Crippen LogP contribution in [-0.2, 0) is 4.74 Å². The number of nitrogens with zero attached hydrogens (tertiary/aromatic N) is 3. The molecular weight excluding hydrogens is 318 g/mol. The second-order valence-corrected chi connectivity index (χ2v) is 5.39. The molecule has 3 rings (SSSR count). The van der Waals surface area contributed by atoms with E-state index in [-0.39, 0.29) is 6.03 Å². The van der Waals surface area contributed by atoms with Crippen molar-refractivity contribution >= 4 is 35.0 Å². The Bertz CT molecular complexity index is 657. The van der Waals surface area contributed by atoms with Gasteiger partial charge in [0.15, 0.2) is 0 Å². The van der Waals surface area contributed by atoms with Crippen molar-refractivity contribution in [2.24, 2.45) is 0 Å². The number of anilines is 3. The second-order valence-electron chi connectivity index (χ2n) is 4.96. The van der Waals surface area contributed by atoms with Gasteiger partial charge >= 0.3 is 6.03 Å². The van der Waals surface area contributed by atoms with Crippen molar-refractivity contribution in [3.63, 3.8) is 0 Å². The highest BCUT2D eigenvalue weighted by atomic mass is 35.5. The Morgan fingerprint density at radius 3 is 2.30 bits per heavy atom. The van der Waals surface area contributed by atoms with Crippen molar-refractivity contribution in [1.29, 1.82) is 0 Å². The van der Waals surface area contributed by atoms with E-state index in [9.17, 15) is 4.79 Å². The molecule has 2 N–H and O–H groups in total. The van der Waals surface area contributed by atoms with Gasteiger partial charge in [-0.1, -0.05) is 11.6 Å². The lowest BCUT2D eigenvalue weighted by molar-refractivity contribution is 0.122. The average Bonchev–Trinajstić information content (AvgIpc) is 2.58. The lowest BCUT2D eigenvalue weighted by Gasteiger charge is -2.26. The van der Waals surface area contributed by atoms with Crippen LogP contribution in [-0.4, -0.2) is 42.3 Å². The number of nitrogens with one attached hydrogen (secondary N) is 2. The summed E-state index contributed by atoms with van der Waals surface area (Å²) >= 11 is 5.80. The number of amides is 2. The number of aromatic nitrogens is 2. The summed E-state index contributed by atoms with van der Waals surface area (Å²) < 4.78 is 5.29. The predicted molar refractivity (Wildman–Crippen MR) is 89.2 cm³/mol. The molecule has 1 saturated heterocycles. The number of carbonyl (C=O) groups excluding carboxylic acids is 1. The summed E-state index contributed by atoms with van der Waals surface area (Å²) in [5.74, 6) is 0.636. The summed E-state index contributed by atoms with van der Waals surface area (Å²) in [6.07, 6.45) is 3.17. The number of halogens is 1. The van der Waals surface area contributed by atoms with E-state index in [4.69, 9.17) is 16.3 Å². The molecule has 0 radical (unpaired) electrons. The van der Waals surface area contributed by atoms with Gasteiger partial charge < -0.3 is 20.3 Å². The maximum Gasteiger partial charge on any atom is 0.323 e. The highest BCUT2D eigenvalue weighted by Gasteiger charge is 2.13. The average molecular weight is 334 g/mol. The van der Waals surface area contributed by atoms with E-state index in [0.717, 1.165) is 13.1 Å². The zero-order valence-corrected chi connectivity index (χ0v) is 13.1. The molecule has 2 aromatic rings. The van der Waals surface area contributed by atoms with Crippen LogP contribution in [0.5, 0.6) is 0 Å². The number of hydrogen-bond donors (Lipinski definition) is 2. The summed E-state index contributed by atoms with van der Waals surface area (Å²) in [6, 6.07) is 6.49. The molecule has 120 valence electrons. The van der Waals surface area contributed by atoms with Crippen LogP contribution < -0.4 is 15.5 Å². The lowest BCUT2D eigenvalue weighted by atomic mass is 10.3. The number of rotatable bonds is 3. The second kappa shape index (κ2) is 7.26. The minimum Gasteiger partial charge on any atom is -0.378 e. The molecule has 2 amide bonds. The number of hydrogen-bond acceptors (Lipinski definition) is 5. The molecule has 0 bridgehead atoms. The first kappa shape index (κ1) is 15.5. The molecule has 0 unspecified atom stereocenters. The Labute approximate surface area is 138 Å². The third-order valence-electron chi connectivity index (χ3n) is 3.29. The van der Waals surface area contributed by atoms with E-state index in [0.29, 0.717) is 35.6 Å². The van der Waals surface area contributed by atoms with Gasteiger partial charge in [-0.2, -0.15) is 0 Å². The van der Waals surface area contributed by atoms with Gasteiger partial charge in [0.2, 0.25) is 5.95 Å². The molecule has 7 nitrogen and oxygen atoms in total. The highest BCUT2D eigenvalue weighted by Crippen LogP contribution is 2.15. The summed E-state index contributed by atoms with van der Waals surface area (Å²) in [4.78, 5) is 22.5. The molecular formula is C15H16ClN5O2. The quantitative estimate of drug-likeness (QED) is 0.902. The van der Waals surface area contributed by atoms with Crippen molar-refractivity contribution in [3.05, 3.63) is 41.7 Å². The van der Waals surface area contributed by atoms with Gasteiger partial charge in [0, 0.05) is 23.8 Å². The third-order valence-corrected chi connectivity index (χ3v) is 3.54. The lowest BCUT2D eigenvalue weighted by Crippen LogP contribution is -2.37. The van der Waals surface area contributed by atoms with Crippen LogP contribution in [0, 0.1) is 0 Å². The number of morpholine rings is 1. The maximum atomic E-state index is 11.9. The first-order valence-electron chi connectivity index (χ1n) is 7.19. The molecule has 0 saturated carbocycles. The van der Waals surface area contributed by atoms with Crippen LogP contribution >= 0.6 is 11.6 Å². The van der Waals surface area contributed by atoms with Crippen molar-refractivity contribution in [1.82, 2.24) is 9.97 Å². The number of benzene rings is 1. The fourth-order valence-electron chi connectivity index (χ4n) is 2.14. The normalized spacial score (nSPS) is 14.4. The van der Waals surface area contributed by atoms with Gasteiger partial charge in [0.1, 0.15) is 0 Å². The molecule has 1 aromatic heterocycles. The van der Waals surface area contributed by atoms with E-state index in [1.807, 2.05) is 4.90 Å². The summed E-state index contributed by atoms with van der Waals surface area (Å²) in [7, 11) is 0. The smallest absolute Gasteiger partial charge is 0.323 e. The van der Waals surface area contributed by atoms with Crippen molar-refractivity contribution in [2.45, 2.75) is 0 Å². The van der Waals surface area contributed by atoms with Crippen LogP contribution in [0.15, 0.2) is 36.7 Å². The summed E-state index contributed by atoms with van der Waals surface area (Å²) in [5.41, 5.74) is 1.17. The Morgan fingerprint density at radius 1 is 1.04 bits per heavy atom. The molecule has 0 aliphatic carbocycles. The fraction of sp³-hybridized carbons (Fsp3) is 0.267. The van der Waals surface area contributed by atoms with Crippen molar-refractivity contribution < 1.29 is 9.53 Å². The monoisotopic (exact) mass is 333 g/mol. The highest BCUT2D eigenvalue weighted by molar-refractivity contribution is 6.30. The SMILES string of the molecule is O=C(Nc1ccc(Cl)cc1)Nc1cnc(N2CCOCC2)nc1. The van der Waals surface area contributed by atoms with E-state index >= 15 is 0 Å². The molecule has 23 heavy (non-hydrogen) atoms. The zero-order chi connectivity index (χ0) is 16.1. The molecule has 1 aromatic carbocycles. The zero-order valence-electron chi connectivity index (χ0n) is 12.3. The topological polar surface area (TPSA) is 79.4 Å². The van der Waals surface area contributed by atoms with Gasteiger partial charge in [-0.3, -0.25) is 0 Å². The van der Waals surface area contributed by atoms with Crippen LogP contribution in [0.1, 0.15) is 0 Å². The Balaban J connectivity index is 1.57. The van der Waals surface area contributed by atoms with Gasteiger partial charge in [-0.05, 0) is 24.3 Å². The van der Waals surface area contributed by atoms with Gasteiger partial charge in [0.05, 0.1) is 31.3 Å². The first-order valence-corrected chi connectivity index (χ1v) is 7.57. The molecule has 0 spiro atoms. The van der Waals surface area contributed by atoms with Gasteiger partial charge in [0.25, 0.3) is 0 Å². The molecule has 1 aliphatic heterocycles. The minimum absolute atomic E-state index is 0.366. The Morgan fingerprint density at radius 2 is 1.65 bits per heavy atom. The molecule has 1 fully saturated rings. The first-order chi connectivity index (χ1) is 11.2. The fourth-order valence-corrected chi connectivity index (χ4v) is 2.27. The van der Waals surface area contributed by atoms with Crippen molar-refractivity contribution in [3.8, 4) is 0 Å². The van der Waals surface area contributed by atoms with Gasteiger partial charge in [-0.25, -0.2) is 14.8 Å². The van der Waals surface area contributed by atoms with Gasteiger partial charge in [-0.15, -0.1) is 0 Å². The summed E-state index contributed by atoms with van der Waals surface area (Å²) in [6.45, 7) is 2.88. The molecule has 0 atom stereocenters. The maximum absolute atomic E-state index is 11.9. The largest absolute Gasteiger partial charge is 0.378 e. The number of urea groups is 1. The van der Waals surface area contributed by atoms with Crippen LogP contribution in [0.25, 0.3) is 0 Å². The number of carbonyl (C=O) groups is 1. The summed E-state index contributed by atoms with van der Waals surface area (Å²) in [5, 5.41) is 6.00. The van der Waals surface area contributed by atoms with Crippen LogP contribution in [0.3, 0.4) is 0 Å². The minimum atomic E-state index is -0.366. The standard InChI is InChI=1S/C15H16ClN5O2/c16-11-1-3-12(4-2-11)19-15(22)20-13-9-17-14(18-10-13)21-5-7-23-8-6-21/h1-4,9-10H,5-8H2,(H2,19,20,22). The van der Waals surface area contributed by atoms with E-state index in [2.05, 4.69) is 20.6 Å².